The molecular weight excluding hydrogens is 378 g/mol. The van der Waals surface area contributed by atoms with E-state index in [-0.39, 0.29) is 5.91 Å². The van der Waals surface area contributed by atoms with Gasteiger partial charge in [0.05, 0.1) is 19.8 Å². The maximum absolute atomic E-state index is 12.3. The topological polar surface area (TPSA) is 72.5 Å². The number of hydrogen-bond donors (Lipinski definition) is 2. The van der Waals surface area contributed by atoms with Crippen LogP contribution < -0.4 is 20.1 Å². The second-order valence-corrected chi connectivity index (χ2v) is 6.38. The number of carbonyl (C=O) groups excluding carboxylic acids is 1. The van der Waals surface area contributed by atoms with Crippen LogP contribution >= 0.6 is 11.6 Å². The molecule has 0 radical (unpaired) electrons. The van der Waals surface area contributed by atoms with Crippen LogP contribution in [0.5, 0.6) is 11.5 Å². The molecule has 1 amide bonds. The van der Waals surface area contributed by atoms with E-state index < -0.39 is 0 Å². The van der Waals surface area contributed by atoms with Crippen LogP contribution in [-0.2, 0) is 6.54 Å². The van der Waals surface area contributed by atoms with Crippen LogP contribution in [-0.4, -0.2) is 25.1 Å². The fraction of sp³-hybridized carbons (Fsp3) is 0.143. The van der Waals surface area contributed by atoms with E-state index in [1.54, 1.807) is 50.6 Å². The number of benzene rings is 2. The Balaban J connectivity index is 1.60. The van der Waals surface area contributed by atoms with Crippen molar-refractivity contribution in [2.75, 3.05) is 24.9 Å². The third kappa shape index (κ3) is 4.92. The Hall–Kier alpha value is -3.25. The summed E-state index contributed by atoms with van der Waals surface area (Å²) in [5, 5.41) is 6.57. The maximum atomic E-state index is 12.3. The minimum atomic E-state index is -0.249. The molecule has 3 rings (SSSR count). The predicted molar refractivity (Wildman–Crippen MR) is 111 cm³/mol. The van der Waals surface area contributed by atoms with Crippen molar-refractivity contribution in [1.29, 1.82) is 0 Å². The molecule has 0 spiro atoms. The zero-order valence-electron chi connectivity index (χ0n) is 15.5. The summed E-state index contributed by atoms with van der Waals surface area (Å²) in [6.07, 6.45) is 1.52. The molecule has 1 heterocycles. The van der Waals surface area contributed by atoms with Gasteiger partial charge in [-0.25, -0.2) is 4.98 Å². The first-order chi connectivity index (χ1) is 13.6. The molecule has 0 fully saturated rings. The van der Waals surface area contributed by atoms with E-state index in [4.69, 9.17) is 21.1 Å². The van der Waals surface area contributed by atoms with E-state index in [1.165, 1.54) is 6.20 Å². The number of halogens is 1. The van der Waals surface area contributed by atoms with Crippen molar-refractivity contribution in [2.45, 2.75) is 6.54 Å². The van der Waals surface area contributed by atoms with Crippen molar-refractivity contribution in [3.05, 3.63) is 76.9 Å². The minimum Gasteiger partial charge on any atom is -0.493 e. The molecule has 0 bridgehead atoms. The first-order valence-electron chi connectivity index (χ1n) is 8.57. The van der Waals surface area contributed by atoms with Gasteiger partial charge in [0, 0.05) is 23.5 Å². The molecule has 0 aliphatic carbocycles. The van der Waals surface area contributed by atoms with E-state index in [9.17, 15) is 4.79 Å². The summed E-state index contributed by atoms with van der Waals surface area (Å²) >= 11 is 5.93. The number of nitrogens with zero attached hydrogens (tertiary/aromatic N) is 1. The van der Waals surface area contributed by atoms with Gasteiger partial charge in [-0.3, -0.25) is 4.79 Å². The number of carbonyl (C=O) groups is 1. The van der Waals surface area contributed by atoms with Crippen LogP contribution in [0, 0.1) is 0 Å². The number of rotatable bonds is 7. The number of hydrogen-bond acceptors (Lipinski definition) is 5. The molecule has 144 valence electrons. The van der Waals surface area contributed by atoms with Crippen LogP contribution in [0.25, 0.3) is 0 Å². The van der Waals surface area contributed by atoms with Gasteiger partial charge < -0.3 is 20.1 Å². The fourth-order valence-electron chi connectivity index (χ4n) is 2.59. The molecule has 0 aliphatic heterocycles. The summed E-state index contributed by atoms with van der Waals surface area (Å²) < 4.78 is 10.5. The second-order valence-electron chi connectivity index (χ2n) is 5.94. The monoisotopic (exact) mass is 397 g/mol. The molecule has 0 saturated carbocycles. The van der Waals surface area contributed by atoms with Gasteiger partial charge in [0.15, 0.2) is 11.5 Å². The first kappa shape index (κ1) is 19.5. The quantitative estimate of drug-likeness (QED) is 0.608. The van der Waals surface area contributed by atoms with Gasteiger partial charge in [-0.15, -0.1) is 0 Å². The maximum Gasteiger partial charge on any atom is 0.257 e. The number of nitrogens with one attached hydrogen (secondary N) is 2. The molecule has 2 N–H and O–H groups in total. The minimum absolute atomic E-state index is 0.249. The Morgan fingerprint density at radius 3 is 2.54 bits per heavy atom. The van der Waals surface area contributed by atoms with Crippen molar-refractivity contribution in [1.82, 2.24) is 4.98 Å². The average molecular weight is 398 g/mol. The summed E-state index contributed by atoms with van der Waals surface area (Å²) in [7, 11) is 3.20. The molecule has 6 nitrogen and oxygen atoms in total. The van der Waals surface area contributed by atoms with E-state index in [0.717, 1.165) is 5.56 Å². The highest BCUT2D eigenvalue weighted by Crippen LogP contribution is 2.27. The van der Waals surface area contributed by atoms with Crippen molar-refractivity contribution < 1.29 is 14.3 Å². The molecular formula is C21H20ClN3O3. The van der Waals surface area contributed by atoms with E-state index >= 15 is 0 Å². The van der Waals surface area contributed by atoms with E-state index in [2.05, 4.69) is 15.6 Å². The molecule has 2 aromatic carbocycles. The first-order valence-corrected chi connectivity index (χ1v) is 8.94. The molecule has 0 saturated heterocycles. The summed E-state index contributed by atoms with van der Waals surface area (Å²) in [6.45, 7) is 0.557. The van der Waals surface area contributed by atoms with Gasteiger partial charge in [0.25, 0.3) is 5.91 Å². The number of anilines is 2. The number of amides is 1. The lowest BCUT2D eigenvalue weighted by Crippen LogP contribution is -2.12. The molecule has 0 atom stereocenters. The highest BCUT2D eigenvalue weighted by molar-refractivity contribution is 6.30. The number of aromatic nitrogens is 1. The van der Waals surface area contributed by atoms with Gasteiger partial charge >= 0.3 is 0 Å². The average Bonchev–Trinajstić information content (AvgIpc) is 2.72. The van der Waals surface area contributed by atoms with E-state index in [0.29, 0.717) is 40.1 Å². The number of pyridine rings is 1. The van der Waals surface area contributed by atoms with E-state index in [1.807, 2.05) is 18.2 Å². The van der Waals surface area contributed by atoms with Gasteiger partial charge in [-0.2, -0.15) is 0 Å². The Morgan fingerprint density at radius 2 is 1.86 bits per heavy atom. The zero-order valence-corrected chi connectivity index (χ0v) is 16.3. The van der Waals surface area contributed by atoms with Gasteiger partial charge in [0.2, 0.25) is 0 Å². The number of ether oxygens (including phenoxy) is 2. The number of methoxy groups -OCH3 is 2. The standard InChI is InChI=1S/C21H20ClN3O3/c1-27-18-8-6-14(10-19(18)28-2)12-23-20-9-7-15(13-24-20)21(26)25-17-5-3-4-16(22)11-17/h3-11,13H,12H2,1-2H3,(H,23,24)(H,25,26). The normalized spacial score (nSPS) is 10.2. The van der Waals surface area contributed by atoms with Crippen LogP contribution in [0.4, 0.5) is 11.5 Å². The van der Waals surface area contributed by atoms with Crippen LogP contribution in [0.15, 0.2) is 60.8 Å². The van der Waals surface area contributed by atoms with Gasteiger partial charge in [0.1, 0.15) is 5.82 Å². The van der Waals surface area contributed by atoms with Crippen LogP contribution in [0.1, 0.15) is 15.9 Å². The van der Waals surface area contributed by atoms with Crippen LogP contribution in [0.3, 0.4) is 0 Å². The lowest BCUT2D eigenvalue weighted by molar-refractivity contribution is 0.102. The lowest BCUT2D eigenvalue weighted by atomic mass is 10.2. The molecule has 1 aromatic heterocycles. The molecule has 3 aromatic rings. The summed E-state index contributed by atoms with van der Waals surface area (Å²) in [5.41, 5.74) is 2.10. The fourth-order valence-corrected chi connectivity index (χ4v) is 2.78. The zero-order chi connectivity index (χ0) is 19.9. The molecule has 28 heavy (non-hydrogen) atoms. The van der Waals surface area contributed by atoms with Gasteiger partial charge in [-0.1, -0.05) is 23.7 Å². The Labute approximate surface area is 168 Å². The predicted octanol–water partition coefficient (Wildman–Crippen LogP) is 4.62. The van der Waals surface area contributed by atoms with Crippen molar-refractivity contribution in [3.8, 4) is 11.5 Å². The smallest absolute Gasteiger partial charge is 0.257 e. The highest BCUT2D eigenvalue weighted by atomic mass is 35.5. The van der Waals surface area contributed by atoms with Crippen molar-refractivity contribution >= 4 is 29.0 Å². The van der Waals surface area contributed by atoms with Crippen molar-refractivity contribution in [2.24, 2.45) is 0 Å². The Morgan fingerprint density at radius 1 is 1.04 bits per heavy atom. The highest BCUT2D eigenvalue weighted by Gasteiger charge is 2.08. The largest absolute Gasteiger partial charge is 0.493 e. The SMILES string of the molecule is COc1ccc(CNc2ccc(C(=O)Nc3cccc(Cl)c3)cn2)cc1OC. The summed E-state index contributed by atoms with van der Waals surface area (Å²) in [6, 6.07) is 16.2. The van der Waals surface area contributed by atoms with Gasteiger partial charge in [-0.05, 0) is 48.0 Å². The third-order valence-corrected chi connectivity index (χ3v) is 4.26. The van der Waals surface area contributed by atoms with Crippen LogP contribution in [0.2, 0.25) is 5.02 Å². The Bertz CT molecular complexity index is 961. The molecule has 0 unspecified atom stereocenters. The summed E-state index contributed by atoms with van der Waals surface area (Å²) in [4.78, 5) is 16.6. The molecule has 0 aliphatic rings. The lowest BCUT2D eigenvalue weighted by Gasteiger charge is -2.11. The van der Waals surface area contributed by atoms with Crippen molar-refractivity contribution in [3.63, 3.8) is 0 Å². The summed E-state index contributed by atoms with van der Waals surface area (Å²) in [5.74, 6) is 1.76. The Kier molecular flexibility index (Phi) is 6.34. The second kappa shape index (κ2) is 9.10. The third-order valence-electron chi connectivity index (χ3n) is 4.03. The molecule has 7 heteroatoms.